The van der Waals surface area contributed by atoms with Crippen molar-refractivity contribution in [3.05, 3.63) is 12.4 Å². The van der Waals surface area contributed by atoms with E-state index >= 15 is 0 Å². The predicted molar refractivity (Wildman–Crippen MR) is 71.6 cm³/mol. The third-order valence-corrected chi connectivity index (χ3v) is 3.54. The van der Waals surface area contributed by atoms with E-state index in [1.807, 2.05) is 6.07 Å². The molecule has 1 aromatic rings. The van der Waals surface area contributed by atoms with Crippen LogP contribution in [0.25, 0.3) is 0 Å². The van der Waals surface area contributed by atoms with Gasteiger partial charge in [0, 0.05) is 19.2 Å². The molecule has 6 nitrogen and oxygen atoms in total. The lowest BCUT2D eigenvalue weighted by molar-refractivity contribution is 0.122. The Morgan fingerprint density at radius 3 is 2.79 bits per heavy atom. The van der Waals surface area contributed by atoms with Gasteiger partial charge >= 0.3 is 0 Å². The Hall–Kier alpha value is -1.40. The van der Waals surface area contributed by atoms with Gasteiger partial charge in [-0.25, -0.2) is 9.97 Å². The van der Waals surface area contributed by atoms with Gasteiger partial charge in [0.25, 0.3) is 0 Å². The van der Waals surface area contributed by atoms with Crippen LogP contribution in [0.1, 0.15) is 12.8 Å². The van der Waals surface area contributed by atoms with E-state index in [9.17, 15) is 0 Å². The maximum atomic E-state index is 5.94. The monoisotopic (exact) mass is 264 g/mol. The first-order valence-corrected chi connectivity index (χ1v) is 6.94. The molecule has 104 valence electrons. The SMILES string of the molecule is c1nc(OC2CCNCC2)cc(N2CCOCC2)n1. The number of rotatable bonds is 3. The Labute approximate surface area is 113 Å². The second-order valence-corrected chi connectivity index (χ2v) is 4.88. The Morgan fingerprint density at radius 2 is 2.00 bits per heavy atom. The molecular weight excluding hydrogens is 244 g/mol. The molecule has 0 spiro atoms. The van der Waals surface area contributed by atoms with Crippen LogP contribution < -0.4 is 15.0 Å². The van der Waals surface area contributed by atoms with Gasteiger partial charge in [0.05, 0.1) is 13.2 Å². The lowest BCUT2D eigenvalue weighted by Crippen LogP contribution is -2.37. The first-order valence-electron chi connectivity index (χ1n) is 6.94. The molecule has 6 heteroatoms. The van der Waals surface area contributed by atoms with Crippen molar-refractivity contribution in [2.75, 3.05) is 44.3 Å². The van der Waals surface area contributed by atoms with Gasteiger partial charge in [-0.2, -0.15) is 0 Å². The van der Waals surface area contributed by atoms with Crippen molar-refractivity contribution >= 4 is 5.82 Å². The highest BCUT2D eigenvalue weighted by molar-refractivity contribution is 5.41. The smallest absolute Gasteiger partial charge is 0.218 e. The van der Waals surface area contributed by atoms with E-state index in [2.05, 4.69) is 20.2 Å². The van der Waals surface area contributed by atoms with E-state index in [0.717, 1.165) is 58.1 Å². The number of anilines is 1. The van der Waals surface area contributed by atoms with Crippen LogP contribution >= 0.6 is 0 Å². The summed E-state index contributed by atoms with van der Waals surface area (Å²) < 4.78 is 11.3. The van der Waals surface area contributed by atoms with Gasteiger partial charge in [-0.15, -0.1) is 0 Å². The van der Waals surface area contributed by atoms with E-state index in [1.165, 1.54) is 0 Å². The number of hydrogen-bond donors (Lipinski definition) is 1. The summed E-state index contributed by atoms with van der Waals surface area (Å²) in [6.07, 6.45) is 3.93. The molecule has 0 atom stereocenters. The minimum Gasteiger partial charge on any atom is -0.474 e. The van der Waals surface area contributed by atoms with Crippen molar-refractivity contribution in [2.24, 2.45) is 0 Å². The fourth-order valence-electron chi connectivity index (χ4n) is 2.44. The van der Waals surface area contributed by atoms with Gasteiger partial charge in [-0.05, 0) is 25.9 Å². The summed E-state index contributed by atoms with van der Waals surface area (Å²) in [6.45, 7) is 5.31. The second kappa shape index (κ2) is 6.16. The van der Waals surface area contributed by atoms with Crippen LogP contribution in [-0.4, -0.2) is 55.5 Å². The highest BCUT2D eigenvalue weighted by Crippen LogP contribution is 2.19. The van der Waals surface area contributed by atoms with E-state index in [-0.39, 0.29) is 6.10 Å². The second-order valence-electron chi connectivity index (χ2n) is 4.88. The molecule has 2 fully saturated rings. The Balaban J connectivity index is 1.64. The molecule has 0 radical (unpaired) electrons. The van der Waals surface area contributed by atoms with Crippen LogP contribution in [-0.2, 0) is 4.74 Å². The largest absolute Gasteiger partial charge is 0.474 e. The Bertz CT molecular complexity index is 403. The Kier molecular flexibility index (Phi) is 4.10. The average molecular weight is 264 g/mol. The number of morpholine rings is 1. The molecule has 1 N–H and O–H groups in total. The van der Waals surface area contributed by atoms with Crippen LogP contribution in [0.2, 0.25) is 0 Å². The van der Waals surface area contributed by atoms with Crippen molar-refractivity contribution in [2.45, 2.75) is 18.9 Å². The molecule has 3 rings (SSSR count). The fourth-order valence-corrected chi connectivity index (χ4v) is 2.44. The minimum atomic E-state index is 0.272. The fraction of sp³-hybridized carbons (Fsp3) is 0.692. The average Bonchev–Trinajstić information content (AvgIpc) is 2.49. The molecule has 3 heterocycles. The van der Waals surface area contributed by atoms with Crippen molar-refractivity contribution in [1.29, 1.82) is 0 Å². The first kappa shape index (κ1) is 12.6. The molecule has 0 aliphatic carbocycles. The lowest BCUT2D eigenvalue weighted by atomic mass is 10.1. The molecule has 2 saturated heterocycles. The van der Waals surface area contributed by atoms with Crippen molar-refractivity contribution in [3.63, 3.8) is 0 Å². The molecule has 19 heavy (non-hydrogen) atoms. The molecule has 0 unspecified atom stereocenters. The van der Waals surface area contributed by atoms with E-state index in [4.69, 9.17) is 9.47 Å². The molecule has 0 saturated carbocycles. The van der Waals surface area contributed by atoms with Crippen LogP contribution in [0.5, 0.6) is 5.88 Å². The zero-order valence-electron chi connectivity index (χ0n) is 11.0. The Morgan fingerprint density at radius 1 is 1.21 bits per heavy atom. The van der Waals surface area contributed by atoms with Crippen molar-refractivity contribution in [1.82, 2.24) is 15.3 Å². The van der Waals surface area contributed by atoms with Crippen LogP contribution in [0.3, 0.4) is 0 Å². The van der Waals surface area contributed by atoms with Gasteiger partial charge in [0.1, 0.15) is 18.2 Å². The molecule has 2 aliphatic heterocycles. The number of nitrogens with one attached hydrogen (secondary N) is 1. The van der Waals surface area contributed by atoms with Crippen LogP contribution in [0.15, 0.2) is 12.4 Å². The van der Waals surface area contributed by atoms with Crippen LogP contribution in [0.4, 0.5) is 5.82 Å². The summed E-state index contributed by atoms with van der Waals surface area (Å²) in [5, 5.41) is 3.33. The molecule has 1 aromatic heterocycles. The highest BCUT2D eigenvalue weighted by atomic mass is 16.5. The molecule has 2 aliphatic rings. The molecule has 0 aromatic carbocycles. The summed E-state index contributed by atoms with van der Waals surface area (Å²) in [4.78, 5) is 10.7. The molecule has 0 bridgehead atoms. The molecule has 0 amide bonds. The number of aromatic nitrogens is 2. The topological polar surface area (TPSA) is 59.5 Å². The van der Waals surface area contributed by atoms with Gasteiger partial charge in [-0.1, -0.05) is 0 Å². The number of nitrogens with zero attached hydrogens (tertiary/aromatic N) is 3. The summed E-state index contributed by atoms with van der Waals surface area (Å²) in [7, 11) is 0. The lowest BCUT2D eigenvalue weighted by Gasteiger charge is -2.28. The first-order chi connectivity index (χ1) is 9.42. The standard InChI is InChI=1S/C13H20N4O2/c1-3-14-4-2-11(1)19-13-9-12(15-10-16-13)17-5-7-18-8-6-17/h9-11,14H,1-8H2. The maximum absolute atomic E-state index is 5.94. The highest BCUT2D eigenvalue weighted by Gasteiger charge is 2.17. The summed E-state index contributed by atoms with van der Waals surface area (Å²) >= 11 is 0. The van der Waals surface area contributed by atoms with Crippen LogP contribution in [0, 0.1) is 0 Å². The van der Waals surface area contributed by atoms with Crippen molar-refractivity contribution < 1.29 is 9.47 Å². The zero-order valence-corrected chi connectivity index (χ0v) is 11.0. The molecular formula is C13H20N4O2. The van der Waals surface area contributed by atoms with E-state index in [1.54, 1.807) is 6.33 Å². The number of hydrogen-bond acceptors (Lipinski definition) is 6. The van der Waals surface area contributed by atoms with E-state index in [0.29, 0.717) is 5.88 Å². The summed E-state index contributed by atoms with van der Waals surface area (Å²) in [5.41, 5.74) is 0. The third-order valence-electron chi connectivity index (χ3n) is 3.54. The van der Waals surface area contributed by atoms with Gasteiger partial charge in [-0.3, -0.25) is 0 Å². The number of ether oxygens (including phenoxy) is 2. The predicted octanol–water partition coefficient (Wildman–Crippen LogP) is 0.444. The van der Waals surface area contributed by atoms with Gasteiger partial charge in [0.2, 0.25) is 5.88 Å². The van der Waals surface area contributed by atoms with Gasteiger partial charge in [0.15, 0.2) is 0 Å². The third kappa shape index (κ3) is 3.33. The summed E-state index contributed by atoms with van der Waals surface area (Å²) in [5.74, 6) is 1.62. The normalized spacial score (nSPS) is 21.4. The maximum Gasteiger partial charge on any atom is 0.218 e. The quantitative estimate of drug-likeness (QED) is 0.855. The van der Waals surface area contributed by atoms with E-state index < -0.39 is 0 Å². The minimum absolute atomic E-state index is 0.272. The number of piperidine rings is 1. The van der Waals surface area contributed by atoms with Crippen molar-refractivity contribution in [3.8, 4) is 5.88 Å². The van der Waals surface area contributed by atoms with Gasteiger partial charge < -0.3 is 19.7 Å². The summed E-state index contributed by atoms with van der Waals surface area (Å²) in [6, 6.07) is 1.94. The zero-order chi connectivity index (χ0) is 12.9.